The number of phenols is 1. The van der Waals surface area contributed by atoms with Crippen LogP contribution >= 0.6 is 0 Å². The highest BCUT2D eigenvalue weighted by molar-refractivity contribution is 7.91. The number of rotatable bonds is 5. The molecule has 0 aliphatic heterocycles. The standard InChI is InChI=1S/C18H18N2O5S/c1-3-26(23,24)12-5-6-16(21)15(9-12)19-18(22)10-14-13-8-11(2)4-7-17(13)25-20-14/h4-9,21H,3,10H2,1-2H3,(H,19,22). The third-order valence-electron chi connectivity index (χ3n) is 4.01. The van der Waals surface area contributed by atoms with Crippen LogP contribution in [0, 0.1) is 6.92 Å². The highest BCUT2D eigenvalue weighted by Crippen LogP contribution is 2.27. The first kappa shape index (κ1) is 17.9. The second kappa shape index (κ2) is 6.80. The van der Waals surface area contributed by atoms with E-state index in [0.29, 0.717) is 11.3 Å². The molecule has 0 aliphatic rings. The lowest BCUT2D eigenvalue weighted by Gasteiger charge is -2.09. The van der Waals surface area contributed by atoms with Gasteiger partial charge in [-0.1, -0.05) is 23.7 Å². The Morgan fingerprint density at radius 2 is 2.00 bits per heavy atom. The molecule has 0 radical (unpaired) electrons. The maximum Gasteiger partial charge on any atom is 0.230 e. The molecule has 3 aromatic rings. The van der Waals surface area contributed by atoms with E-state index in [9.17, 15) is 18.3 Å². The molecule has 0 fully saturated rings. The fourth-order valence-corrected chi connectivity index (χ4v) is 3.46. The average Bonchev–Trinajstić information content (AvgIpc) is 2.98. The molecule has 26 heavy (non-hydrogen) atoms. The normalized spacial score (nSPS) is 11.6. The minimum absolute atomic E-state index is 0.0357. The number of nitrogens with zero attached hydrogens (tertiary/aromatic N) is 1. The van der Waals surface area contributed by atoms with E-state index in [1.807, 2.05) is 19.1 Å². The Kier molecular flexibility index (Phi) is 4.69. The summed E-state index contributed by atoms with van der Waals surface area (Å²) in [6.07, 6.45) is -0.0688. The van der Waals surface area contributed by atoms with Crippen LogP contribution in [0.4, 0.5) is 5.69 Å². The minimum atomic E-state index is -3.45. The van der Waals surface area contributed by atoms with Crippen LogP contribution in [0.1, 0.15) is 18.2 Å². The summed E-state index contributed by atoms with van der Waals surface area (Å²) in [4.78, 5) is 12.4. The van der Waals surface area contributed by atoms with Gasteiger partial charge in [-0.25, -0.2) is 8.42 Å². The Balaban J connectivity index is 1.84. The monoisotopic (exact) mass is 374 g/mol. The van der Waals surface area contributed by atoms with Crippen molar-refractivity contribution in [1.82, 2.24) is 5.16 Å². The van der Waals surface area contributed by atoms with Crippen molar-refractivity contribution < 1.29 is 22.8 Å². The van der Waals surface area contributed by atoms with Crippen molar-refractivity contribution in [2.75, 3.05) is 11.1 Å². The Morgan fingerprint density at radius 1 is 1.23 bits per heavy atom. The third kappa shape index (κ3) is 3.55. The zero-order chi connectivity index (χ0) is 18.9. The third-order valence-corrected chi connectivity index (χ3v) is 5.74. The molecule has 0 aliphatic carbocycles. The van der Waals surface area contributed by atoms with Gasteiger partial charge in [-0.3, -0.25) is 4.79 Å². The van der Waals surface area contributed by atoms with Gasteiger partial charge >= 0.3 is 0 Å². The molecule has 1 heterocycles. The summed E-state index contributed by atoms with van der Waals surface area (Å²) in [5.74, 6) is -0.729. The van der Waals surface area contributed by atoms with Crippen LogP contribution in [0.2, 0.25) is 0 Å². The van der Waals surface area contributed by atoms with E-state index >= 15 is 0 Å². The van der Waals surface area contributed by atoms with Crippen molar-refractivity contribution in [3.63, 3.8) is 0 Å². The first-order valence-corrected chi connectivity index (χ1v) is 9.66. The van der Waals surface area contributed by atoms with Crippen LogP contribution < -0.4 is 5.32 Å². The minimum Gasteiger partial charge on any atom is -0.506 e. The highest BCUT2D eigenvalue weighted by atomic mass is 32.2. The average molecular weight is 374 g/mol. The number of aryl methyl sites for hydroxylation is 1. The first-order valence-electron chi connectivity index (χ1n) is 8.00. The van der Waals surface area contributed by atoms with Gasteiger partial charge < -0.3 is 14.9 Å². The number of aromatic nitrogens is 1. The maximum absolute atomic E-state index is 12.3. The zero-order valence-electron chi connectivity index (χ0n) is 14.3. The van der Waals surface area contributed by atoms with Crippen molar-refractivity contribution >= 4 is 32.4 Å². The van der Waals surface area contributed by atoms with Crippen molar-refractivity contribution in [1.29, 1.82) is 0 Å². The van der Waals surface area contributed by atoms with Crippen molar-refractivity contribution in [2.24, 2.45) is 0 Å². The number of amides is 1. The lowest BCUT2D eigenvalue weighted by Crippen LogP contribution is -2.15. The molecule has 7 nitrogen and oxygen atoms in total. The number of hydrogen-bond donors (Lipinski definition) is 2. The van der Waals surface area contributed by atoms with E-state index < -0.39 is 15.7 Å². The molecule has 0 bridgehead atoms. The Hall–Kier alpha value is -2.87. The summed E-state index contributed by atoms with van der Waals surface area (Å²) in [7, 11) is -3.45. The largest absolute Gasteiger partial charge is 0.506 e. The second-order valence-corrected chi connectivity index (χ2v) is 8.21. The van der Waals surface area contributed by atoms with Crippen molar-refractivity contribution in [3.8, 4) is 5.75 Å². The molecular weight excluding hydrogens is 356 g/mol. The summed E-state index contributed by atoms with van der Waals surface area (Å²) >= 11 is 0. The predicted molar refractivity (Wildman–Crippen MR) is 96.9 cm³/mol. The van der Waals surface area contributed by atoms with Crippen molar-refractivity contribution in [3.05, 3.63) is 47.7 Å². The molecule has 8 heteroatoms. The summed E-state index contributed by atoms with van der Waals surface area (Å²) in [5, 5.41) is 17.1. The van der Waals surface area contributed by atoms with Gasteiger partial charge in [0.25, 0.3) is 0 Å². The van der Waals surface area contributed by atoms with E-state index in [1.165, 1.54) is 25.1 Å². The summed E-state index contributed by atoms with van der Waals surface area (Å²) in [5.41, 5.74) is 2.10. The lowest BCUT2D eigenvalue weighted by molar-refractivity contribution is -0.115. The number of hydrogen-bond acceptors (Lipinski definition) is 6. The first-order chi connectivity index (χ1) is 12.3. The number of phenolic OH excluding ortho intramolecular Hbond substituents is 1. The summed E-state index contributed by atoms with van der Waals surface area (Å²) < 4.78 is 29.1. The van der Waals surface area contributed by atoms with Gasteiger partial charge in [0.15, 0.2) is 15.4 Å². The molecule has 2 aromatic carbocycles. The van der Waals surface area contributed by atoms with Gasteiger partial charge in [0.2, 0.25) is 5.91 Å². The fraction of sp³-hybridized carbons (Fsp3) is 0.222. The van der Waals surface area contributed by atoms with Crippen LogP contribution in [0.5, 0.6) is 5.75 Å². The molecule has 1 aromatic heterocycles. The fourth-order valence-electron chi connectivity index (χ4n) is 2.55. The van der Waals surface area contributed by atoms with Gasteiger partial charge in [0.05, 0.1) is 22.8 Å². The Labute approximate surface area is 150 Å². The summed E-state index contributed by atoms with van der Waals surface area (Å²) in [6, 6.07) is 9.33. The molecular formula is C18H18N2O5S. The van der Waals surface area contributed by atoms with Gasteiger partial charge in [-0.2, -0.15) is 0 Å². The van der Waals surface area contributed by atoms with E-state index in [-0.39, 0.29) is 28.5 Å². The SMILES string of the molecule is CCS(=O)(=O)c1ccc(O)c(NC(=O)Cc2noc3ccc(C)cc23)c1. The molecule has 0 saturated carbocycles. The molecule has 1 amide bonds. The second-order valence-electron chi connectivity index (χ2n) is 5.94. The smallest absolute Gasteiger partial charge is 0.230 e. The molecule has 0 saturated heterocycles. The molecule has 2 N–H and O–H groups in total. The van der Waals surface area contributed by atoms with Crippen LogP contribution in [0.3, 0.4) is 0 Å². The number of aromatic hydroxyl groups is 1. The topological polar surface area (TPSA) is 110 Å². The Bertz CT molecular complexity index is 1090. The van der Waals surface area contributed by atoms with Gasteiger partial charge in [-0.15, -0.1) is 0 Å². The van der Waals surface area contributed by atoms with Gasteiger partial charge in [0, 0.05) is 5.39 Å². The maximum atomic E-state index is 12.3. The van der Waals surface area contributed by atoms with E-state index in [0.717, 1.165) is 10.9 Å². The van der Waals surface area contributed by atoms with Crippen molar-refractivity contribution in [2.45, 2.75) is 25.2 Å². The zero-order valence-corrected chi connectivity index (χ0v) is 15.1. The lowest BCUT2D eigenvalue weighted by atomic mass is 10.1. The van der Waals surface area contributed by atoms with Gasteiger partial charge in [-0.05, 0) is 37.3 Å². The van der Waals surface area contributed by atoms with E-state index in [2.05, 4.69) is 10.5 Å². The molecule has 0 spiro atoms. The molecule has 0 atom stereocenters. The van der Waals surface area contributed by atoms with Gasteiger partial charge in [0.1, 0.15) is 11.4 Å². The van der Waals surface area contributed by atoms with Crippen LogP contribution in [0.25, 0.3) is 11.0 Å². The number of fused-ring (bicyclic) bond motifs is 1. The quantitative estimate of drug-likeness (QED) is 0.665. The van der Waals surface area contributed by atoms with Crippen LogP contribution in [-0.2, 0) is 21.1 Å². The Morgan fingerprint density at radius 3 is 2.73 bits per heavy atom. The van der Waals surface area contributed by atoms with Crippen LogP contribution in [-0.4, -0.2) is 30.3 Å². The van der Waals surface area contributed by atoms with E-state index in [4.69, 9.17) is 4.52 Å². The van der Waals surface area contributed by atoms with E-state index in [1.54, 1.807) is 6.07 Å². The number of sulfone groups is 1. The molecule has 0 unspecified atom stereocenters. The number of anilines is 1. The summed E-state index contributed by atoms with van der Waals surface area (Å²) in [6.45, 7) is 3.45. The number of carbonyl (C=O) groups excluding carboxylic acids is 1. The number of carbonyl (C=O) groups is 1. The number of benzene rings is 2. The highest BCUT2D eigenvalue weighted by Gasteiger charge is 2.17. The van der Waals surface area contributed by atoms with Crippen LogP contribution in [0.15, 0.2) is 45.8 Å². The predicted octanol–water partition coefficient (Wildman–Crippen LogP) is 2.82. The molecule has 3 rings (SSSR count). The number of nitrogens with one attached hydrogen (secondary N) is 1. The molecule has 136 valence electrons.